The molecule has 1 amide bonds. The van der Waals surface area contributed by atoms with E-state index in [-0.39, 0.29) is 24.9 Å². The van der Waals surface area contributed by atoms with E-state index in [2.05, 4.69) is 13.8 Å². The van der Waals surface area contributed by atoms with Crippen molar-refractivity contribution in [2.24, 2.45) is 17.8 Å². The zero-order valence-corrected chi connectivity index (χ0v) is 17.5. The van der Waals surface area contributed by atoms with E-state index in [4.69, 9.17) is 0 Å². The number of sulfonamides is 1. The molecule has 2 atom stereocenters. The molecule has 2 heterocycles. The maximum absolute atomic E-state index is 13.2. The van der Waals surface area contributed by atoms with Crippen molar-refractivity contribution < 1.29 is 26.4 Å². The Labute approximate surface area is 169 Å². The number of carbonyl (C=O) groups is 1. The van der Waals surface area contributed by atoms with Gasteiger partial charge in [0.2, 0.25) is 15.9 Å². The first-order valence-electron chi connectivity index (χ1n) is 9.95. The van der Waals surface area contributed by atoms with E-state index in [1.165, 1.54) is 12.1 Å². The van der Waals surface area contributed by atoms with Crippen molar-refractivity contribution in [3.8, 4) is 0 Å². The highest BCUT2D eigenvalue weighted by atomic mass is 32.2. The Morgan fingerprint density at radius 1 is 1.03 bits per heavy atom. The van der Waals surface area contributed by atoms with Crippen molar-refractivity contribution in [1.82, 2.24) is 9.21 Å². The molecular weight excluding hydrogens is 405 g/mol. The van der Waals surface area contributed by atoms with Crippen molar-refractivity contribution in [2.45, 2.75) is 44.2 Å². The van der Waals surface area contributed by atoms with Gasteiger partial charge in [-0.05, 0) is 43.2 Å². The Morgan fingerprint density at radius 3 is 2.14 bits per heavy atom. The van der Waals surface area contributed by atoms with Gasteiger partial charge in [-0.15, -0.1) is 0 Å². The van der Waals surface area contributed by atoms with Crippen LogP contribution in [0.15, 0.2) is 29.2 Å². The fraction of sp³-hybridized carbons (Fsp3) is 0.650. The van der Waals surface area contributed by atoms with E-state index < -0.39 is 26.7 Å². The summed E-state index contributed by atoms with van der Waals surface area (Å²) < 4.78 is 66.5. The first kappa shape index (κ1) is 22.1. The van der Waals surface area contributed by atoms with Crippen LogP contribution in [0.3, 0.4) is 0 Å². The molecule has 0 radical (unpaired) electrons. The number of rotatable bonds is 3. The summed E-state index contributed by atoms with van der Waals surface area (Å²) in [6.07, 6.45) is -3.02. The minimum Gasteiger partial charge on any atom is -0.342 e. The number of likely N-dealkylation sites (tertiary alicyclic amines) is 1. The smallest absolute Gasteiger partial charge is 0.342 e. The van der Waals surface area contributed by atoms with Gasteiger partial charge in [0.25, 0.3) is 0 Å². The lowest BCUT2D eigenvalue weighted by Crippen LogP contribution is -2.48. The van der Waals surface area contributed by atoms with Gasteiger partial charge >= 0.3 is 6.18 Å². The molecule has 9 heteroatoms. The maximum Gasteiger partial charge on any atom is 0.417 e. The molecule has 0 aromatic heterocycles. The normalized spacial score (nSPS) is 25.2. The SMILES string of the molecule is CC1CC(C)CN(C(=O)C2CCN(S(=O)(=O)c3ccccc3C(F)(F)F)CC2)C1. The molecule has 2 aliphatic rings. The lowest BCUT2D eigenvalue weighted by Gasteiger charge is -2.39. The summed E-state index contributed by atoms with van der Waals surface area (Å²) in [6, 6.07) is 4.23. The van der Waals surface area contributed by atoms with Gasteiger partial charge in [0.05, 0.1) is 10.5 Å². The summed E-state index contributed by atoms with van der Waals surface area (Å²) in [5.41, 5.74) is -1.16. The first-order valence-corrected chi connectivity index (χ1v) is 11.4. The van der Waals surface area contributed by atoms with E-state index in [1.54, 1.807) is 0 Å². The van der Waals surface area contributed by atoms with Gasteiger partial charge in [0.15, 0.2) is 0 Å². The van der Waals surface area contributed by atoms with Crippen molar-refractivity contribution >= 4 is 15.9 Å². The zero-order valence-electron chi connectivity index (χ0n) is 16.7. The van der Waals surface area contributed by atoms with Crippen LogP contribution in [0.4, 0.5) is 13.2 Å². The zero-order chi connectivity index (χ0) is 21.4. The largest absolute Gasteiger partial charge is 0.417 e. The molecule has 0 saturated carbocycles. The van der Waals surface area contributed by atoms with Crippen LogP contribution in [0.1, 0.15) is 38.7 Å². The molecule has 3 rings (SSSR count). The van der Waals surface area contributed by atoms with Gasteiger partial charge in [-0.1, -0.05) is 26.0 Å². The van der Waals surface area contributed by atoms with E-state index >= 15 is 0 Å². The van der Waals surface area contributed by atoms with Gasteiger partial charge in [0, 0.05) is 32.1 Å². The number of carbonyl (C=O) groups excluding carboxylic acids is 1. The van der Waals surface area contributed by atoms with Crippen molar-refractivity contribution in [3.63, 3.8) is 0 Å². The molecule has 2 fully saturated rings. The topological polar surface area (TPSA) is 57.7 Å². The Morgan fingerprint density at radius 2 is 1.59 bits per heavy atom. The van der Waals surface area contributed by atoms with E-state index in [0.29, 0.717) is 37.8 Å². The number of piperidine rings is 2. The van der Waals surface area contributed by atoms with Crippen molar-refractivity contribution in [1.29, 1.82) is 0 Å². The number of benzene rings is 1. The number of halogens is 3. The Kier molecular flexibility index (Phi) is 6.29. The third-order valence-corrected chi connectivity index (χ3v) is 7.75. The Bertz CT molecular complexity index is 839. The highest BCUT2D eigenvalue weighted by Crippen LogP contribution is 2.36. The molecule has 1 aromatic carbocycles. The van der Waals surface area contributed by atoms with Crippen LogP contribution in [0.5, 0.6) is 0 Å². The predicted octanol–water partition coefficient (Wildman–Crippen LogP) is 3.61. The van der Waals surface area contributed by atoms with Crippen LogP contribution < -0.4 is 0 Å². The molecule has 5 nitrogen and oxygen atoms in total. The second-order valence-corrected chi connectivity index (χ2v) is 10.3. The number of alkyl halides is 3. The number of hydrogen-bond donors (Lipinski definition) is 0. The summed E-state index contributed by atoms with van der Waals surface area (Å²) in [4.78, 5) is 14.0. The minimum atomic E-state index is -4.75. The maximum atomic E-state index is 13.2. The molecule has 162 valence electrons. The lowest BCUT2D eigenvalue weighted by atomic mass is 9.89. The lowest BCUT2D eigenvalue weighted by molar-refractivity contribution is -0.140. The molecular formula is C20H27F3N2O3S. The highest BCUT2D eigenvalue weighted by molar-refractivity contribution is 7.89. The second-order valence-electron chi connectivity index (χ2n) is 8.36. The Hall–Kier alpha value is -1.61. The van der Waals surface area contributed by atoms with Gasteiger partial charge in [-0.25, -0.2) is 8.42 Å². The minimum absolute atomic E-state index is 0.0381. The van der Waals surface area contributed by atoms with Gasteiger partial charge in [-0.3, -0.25) is 4.79 Å². The highest BCUT2D eigenvalue weighted by Gasteiger charge is 2.40. The Balaban J connectivity index is 1.70. The summed E-state index contributed by atoms with van der Waals surface area (Å²) in [5, 5.41) is 0. The second kappa shape index (κ2) is 8.26. The molecule has 2 unspecified atom stereocenters. The molecule has 0 bridgehead atoms. The number of amides is 1. The quantitative estimate of drug-likeness (QED) is 0.733. The third kappa shape index (κ3) is 4.77. The molecule has 0 N–H and O–H groups in total. The monoisotopic (exact) mass is 432 g/mol. The van der Waals surface area contributed by atoms with Crippen LogP contribution in [-0.4, -0.2) is 49.7 Å². The van der Waals surface area contributed by atoms with Crippen LogP contribution in [-0.2, 0) is 21.0 Å². The molecule has 0 aliphatic carbocycles. The average Bonchev–Trinajstić information content (AvgIpc) is 2.66. The summed E-state index contributed by atoms with van der Waals surface area (Å²) in [7, 11) is -4.28. The van der Waals surface area contributed by atoms with E-state index in [9.17, 15) is 26.4 Å². The van der Waals surface area contributed by atoms with Crippen LogP contribution in [0.2, 0.25) is 0 Å². The van der Waals surface area contributed by atoms with Crippen molar-refractivity contribution in [2.75, 3.05) is 26.2 Å². The van der Waals surface area contributed by atoms with Crippen LogP contribution in [0.25, 0.3) is 0 Å². The number of nitrogens with zero attached hydrogens (tertiary/aromatic N) is 2. The summed E-state index contributed by atoms with van der Waals surface area (Å²) >= 11 is 0. The molecule has 2 saturated heterocycles. The first-order chi connectivity index (χ1) is 13.5. The van der Waals surface area contributed by atoms with Gasteiger partial charge in [0.1, 0.15) is 0 Å². The summed E-state index contributed by atoms with van der Waals surface area (Å²) in [6.45, 7) is 5.74. The van der Waals surface area contributed by atoms with Gasteiger partial charge in [-0.2, -0.15) is 17.5 Å². The third-order valence-electron chi connectivity index (χ3n) is 5.79. The van der Waals surface area contributed by atoms with Crippen molar-refractivity contribution in [3.05, 3.63) is 29.8 Å². The molecule has 1 aromatic rings. The van der Waals surface area contributed by atoms with Gasteiger partial charge < -0.3 is 4.90 Å². The fourth-order valence-electron chi connectivity index (χ4n) is 4.51. The molecule has 29 heavy (non-hydrogen) atoms. The standard InChI is InChI=1S/C20H27F3N2O3S/c1-14-11-15(2)13-24(12-14)19(26)16-7-9-25(10-8-16)29(27,28)18-6-4-3-5-17(18)20(21,22)23/h3-6,14-16H,7-13H2,1-2H3. The fourth-order valence-corrected chi connectivity index (χ4v) is 6.19. The summed E-state index contributed by atoms with van der Waals surface area (Å²) in [5.74, 6) is 0.622. The molecule has 0 spiro atoms. The van der Waals surface area contributed by atoms with E-state index in [0.717, 1.165) is 22.9 Å². The average molecular weight is 433 g/mol. The van der Waals surface area contributed by atoms with E-state index in [1.807, 2.05) is 4.90 Å². The van der Waals surface area contributed by atoms with Crippen LogP contribution in [0, 0.1) is 17.8 Å². The van der Waals surface area contributed by atoms with Crippen LogP contribution >= 0.6 is 0 Å². The predicted molar refractivity (Wildman–Crippen MR) is 102 cm³/mol. The molecule has 2 aliphatic heterocycles. The number of hydrogen-bond acceptors (Lipinski definition) is 3.